The molecular weight excluding hydrogens is 453 g/mol. The van der Waals surface area contributed by atoms with Gasteiger partial charge < -0.3 is 15.4 Å². The predicted octanol–water partition coefficient (Wildman–Crippen LogP) is 7.96. The lowest BCUT2D eigenvalue weighted by Crippen LogP contribution is -2.23. The van der Waals surface area contributed by atoms with Crippen molar-refractivity contribution in [3.8, 4) is 17.0 Å². The van der Waals surface area contributed by atoms with Crippen LogP contribution in [0.4, 0.5) is 30.6 Å². The molecule has 0 radical (unpaired) electrons. The van der Waals surface area contributed by atoms with Crippen molar-refractivity contribution >= 4 is 17.5 Å². The molecule has 35 heavy (non-hydrogen) atoms. The molecule has 5 nitrogen and oxygen atoms in total. The molecule has 8 heteroatoms. The third-order valence-electron chi connectivity index (χ3n) is 6.19. The summed E-state index contributed by atoms with van der Waals surface area (Å²) < 4.78 is 42.4. The van der Waals surface area contributed by atoms with Crippen molar-refractivity contribution < 1.29 is 17.9 Å². The second-order valence-electron chi connectivity index (χ2n) is 9.37. The van der Waals surface area contributed by atoms with Crippen LogP contribution in [0.5, 0.6) is 5.75 Å². The number of alkyl halides is 3. The van der Waals surface area contributed by atoms with Gasteiger partial charge in [0, 0.05) is 23.4 Å². The van der Waals surface area contributed by atoms with Crippen molar-refractivity contribution in [1.82, 2.24) is 9.97 Å². The molecule has 2 aromatic carbocycles. The summed E-state index contributed by atoms with van der Waals surface area (Å²) in [6, 6.07) is 14.0. The van der Waals surface area contributed by atoms with Crippen molar-refractivity contribution in [3.63, 3.8) is 0 Å². The Kier molecular flexibility index (Phi) is 7.48. The van der Waals surface area contributed by atoms with Gasteiger partial charge in [0.05, 0.1) is 5.69 Å². The van der Waals surface area contributed by atoms with E-state index in [0.29, 0.717) is 28.9 Å². The first-order valence-corrected chi connectivity index (χ1v) is 12.1. The average molecular weight is 485 g/mol. The summed E-state index contributed by atoms with van der Waals surface area (Å²) in [5.41, 5.74) is 4.35. The van der Waals surface area contributed by atoms with Crippen LogP contribution in [0.15, 0.2) is 48.5 Å². The highest BCUT2D eigenvalue weighted by atomic mass is 19.4. The van der Waals surface area contributed by atoms with Crippen molar-refractivity contribution in [1.29, 1.82) is 0 Å². The van der Waals surface area contributed by atoms with Crippen LogP contribution in [0.3, 0.4) is 0 Å². The molecule has 0 bridgehead atoms. The number of nitrogens with zero attached hydrogens (tertiary/aromatic N) is 2. The summed E-state index contributed by atoms with van der Waals surface area (Å²) in [5, 5.41) is 6.78. The summed E-state index contributed by atoms with van der Waals surface area (Å²) in [6.07, 6.45) is 0.859. The Labute approximate surface area is 204 Å². The van der Waals surface area contributed by atoms with E-state index in [9.17, 15) is 13.2 Å². The van der Waals surface area contributed by atoms with Gasteiger partial charge in [-0.15, -0.1) is 13.2 Å². The second-order valence-corrected chi connectivity index (χ2v) is 9.37. The lowest BCUT2D eigenvalue weighted by molar-refractivity contribution is -0.274. The minimum absolute atomic E-state index is 0.277. The Morgan fingerprint density at radius 1 is 0.971 bits per heavy atom. The third kappa shape index (κ3) is 6.87. The van der Waals surface area contributed by atoms with Gasteiger partial charge in [-0.1, -0.05) is 51.3 Å². The molecule has 1 heterocycles. The molecule has 3 aromatic rings. The molecule has 0 aliphatic heterocycles. The zero-order valence-electron chi connectivity index (χ0n) is 20.2. The van der Waals surface area contributed by atoms with E-state index in [1.54, 1.807) is 12.1 Å². The molecule has 0 amide bonds. The molecule has 0 saturated heterocycles. The Hall–Kier alpha value is -3.29. The van der Waals surface area contributed by atoms with Gasteiger partial charge in [0.1, 0.15) is 11.6 Å². The number of nitrogens with one attached hydrogen (secondary N) is 2. The summed E-state index contributed by atoms with van der Waals surface area (Å²) >= 11 is 0. The van der Waals surface area contributed by atoms with Gasteiger partial charge in [-0.25, -0.2) is 4.98 Å². The highest BCUT2D eigenvalue weighted by molar-refractivity contribution is 5.69. The van der Waals surface area contributed by atoms with E-state index < -0.39 is 6.36 Å². The Morgan fingerprint density at radius 2 is 1.74 bits per heavy atom. The standard InChI is InChI=1S/C27H31F3N4O/c1-17(2)23-13-12-21(14-18(23)3)31-25-16-24(19-8-7-11-22(15-19)35-27(28,29)30)33-26(34-25)32-20-9-5-4-6-10-20/h7-8,11-17,20H,4-6,9-10H2,1-3H3,(H2,31,32,33,34). The van der Waals surface area contributed by atoms with E-state index in [4.69, 9.17) is 0 Å². The molecule has 1 aromatic heterocycles. The molecule has 4 rings (SSSR count). The van der Waals surface area contributed by atoms with E-state index >= 15 is 0 Å². The number of anilines is 3. The minimum Gasteiger partial charge on any atom is -0.406 e. The summed E-state index contributed by atoms with van der Waals surface area (Å²) in [5.74, 6) is 1.15. The third-order valence-corrected chi connectivity index (χ3v) is 6.19. The van der Waals surface area contributed by atoms with Crippen LogP contribution >= 0.6 is 0 Å². The molecule has 1 fully saturated rings. The SMILES string of the molecule is Cc1cc(Nc2cc(-c3cccc(OC(F)(F)F)c3)nc(NC3CCCCC3)n2)ccc1C(C)C. The predicted molar refractivity (Wildman–Crippen MR) is 133 cm³/mol. The number of hydrogen-bond donors (Lipinski definition) is 2. The number of hydrogen-bond acceptors (Lipinski definition) is 5. The molecule has 0 spiro atoms. The first-order valence-electron chi connectivity index (χ1n) is 12.1. The second kappa shape index (κ2) is 10.5. The number of aromatic nitrogens is 2. The van der Waals surface area contributed by atoms with E-state index in [1.165, 1.54) is 35.7 Å². The maximum absolute atomic E-state index is 12.7. The molecular formula is C27H31F3N4O. The highest BCUT2D eigenvalue weighted by Gasteiger charge is 2.31. The quantitative estimate of drug-likeness (QED) is 0.356. The molecule has 1 aliphatic rings. The van der Waals surface area contributed by atoms with E-state index in [2.05, 4.69) is 58.2 Å². The van der Waals surface area contributed by atoms with Crippen LogP contribution in [-0.4, -0.2) is 22.4 Å². The van der Waals surface area contributed by atoms with E-state index in [0.717, 1.165) is 31.4 Å². The zero-order valence-corrected chi connectivity index (χ0v) is 20.2. The largest absolute Gasteiger partial charge is 0.573 e. The Morgan fingerprint density at radius 3 is 2.43 bits per heavy atom. The summed E-state index contributed by atoms with van der Waals surface area (Å²) in [4.78, 5) is 9.31. The molecule has 186 valence electrons. The van der Waals surface area contributed by atoms with E-state index in [1.807, 2.05) is 6.07 Å². The molecule has 1 saturated carbocycles. The first kappa shape index (κ1) is 24.8. The minimum atomic E-state index is -4.76. The zero-order chi connectivity index (χ0) is 25.0. The Bertz CT molecular complexity index is 1160. The summed E-state index contributed by atoms with van der Waals surface area (Å²) in [6.45, 7) is 6.39. The van der Waals surface area contributed by atoms with Gasteiger partial charge in [-0.2, -0.15) is 4.98 Å². The van der Waals surface area contributed by atoms with Gasteiger partial charge in [0.25, 0.3) is 0 Å². The maximum atomic E-state index is 12.7. The van der Waals surface area contributed by atoms with Crippen molar-refractivity contribution in [2.45, 2.75) is 71.2 Å². The van der Waals surface area contributed by atoms with Gasteiger partial charge in [-0.05, 0) is 61.1 Å². The van der Waals surface area contributed by atoms with Gasteiger partial charge in [0.15, 0.2) is 0 Å². The van der Waals surface area contributed by atoms with Gasteiger partial charge in [-0.3, -0.25) is 0 Å². The van der Waals surface area contributed by atoms with Crippen molar-refractivity contribution in [2.75, 3.05) is 10.6 Å². The fraction of sp³-hybridized carbons (Fsp3) is 0.407. The van der Waals surface area contributed by atoms with Crippen LogP contribution < -0.4 is 15.4 Å². The topological polar surface area (TPSA) is 59.1 Å². The molecule has 1 aliphatic carbocycles. The smallest absolute Gasteiger partial charge is 0.406 e. The fourth-order valence-corrected chi connectivity index (χ4v) is 4.55. The highest BCUT2D eigenvalue weighted by Crippen LogP contribution is 2.31. The first-order chi connectivity index (χ1) is 16.7. The van der Waals surface area contributed by atoms with Gasteiger partial charge >= 0.3 is 6.36 Å². The number of halogens is 3. The fourth-order valence-electron chi connectivity index (χ4n) is 4.55. The Balaban J connectivity index is 1.67. The van der Waals surface area contributed by atoms with Crippen LogP contribution in [0.1, 0.15) is 63.0 Å². The van der Waals surface area contributed by atoms with Crippen LogP contribution in [0.25, 0.3) is 11.3 Å². The van der Waals surface area contributed by atoms with Crippen LogP contribution in [-0.2, 0) is 0 Å². The number of benzene rings is 2. The van der Waals surface area contributed by atoms with Crippen LogP contribution in [0.2, 0.25) is 0 Å². The van der Waals surface area contributed by atoms with E-state index in [-0.39, 0.29) is 11.8 Å². The monoisotopic (exact) mass is 484 g/mol. The maximum Gasteiger partial charge on any atom is 0.573 e. The van der Waals surface area contributed by atoms with Crippen molar-refractivity contribution in [3.05, 3.63) is 59.7 Å². The summed E-state index contributed by atoms with van der Waals surface area (Å²) in [7, 11) is 0. The average Bonchev–Trinajstić information content (AvgIpc) is 2.78. The lowest BCUT2D eigenvalue weighted by atomic mass is 9.96. The number of ether oxygens (including phenoxy) is 1. The number of aryl methyl sites for hydroxylation is 1. The number of rotatable bonds is 7. The molecule has 0 atom stereocenters. The normalized spacial score (nSPS) is 14.7. The molecule has 0 unspecified atom stereocenters. The van der Waals surface area contributed by atoms with Gasteiger partial charge in [0.2, 0.25) is 5.95 Å². The lowest BCUT2D eigenvalue weighted by Gasteiger charge is -2.23. The van der Waals surface area contributed by atoms with Crippen LogP contribution in [0, 0.1) is 6.92 Å². The molecule has 2 N–H and O–H groups in total. The van der Waals surface area contributed by atoms with Crippen molar-refractivity contribution in [2.24, 2.45) is 0 Å².